The van der Waals surface area contributed by atoms with Gasteiger partial charge < -0.3 is 14.2 Å². The zero-order valence-electron chi connectivity index (χ0n) is 16.2. The number of nitrogens with zero attached hydrogens (tertiary/aromatic N) is 3. The fourth-order valence-electron chi connectivity index (χ4n) is 3.64. The quantitative estimate of drug-likeness (QED) is 0.618. The van der Waals surface area contributed by atoms with Crippen LogP contribution in [0.4, 0.5) is 0 Å². The number of carbonyl (C=O) groups excluding carboxylic acids is 1. The van der Waals surface area contributed by atoms with Gasteiger partial charge in [0.2, 0.25) is 11.7 Å². The molecule has 0 radical (unpaired) electrons. The van der Waals surface area contributed by atoms with Gasteiger partial charge in [-0.2, -0.15) is 4.98 Å². The van der Waals surface area contributed by atoms with Crippen LogP contribution in [0.1, 0.15) is 29.1 Å². The van der Waals surface area contributed by atoms with Crippen LogP contribution in [-0.2, 0) is 6.42 Å². The second kappa shape index (κ2) is 8.66. The minimum atomic E-state index is -0.0267. The topological polar surface area (TPSA) is 68.5 Å². The Morgan fingerprint density at radius 1 is 1.21 bits per heavy atom. The number of halogens is 1. The number of amides is 1. The summed E-state index contributed by atoms with van der Waals surface area (Å²) >= 11 is 6.00. The highest BCUT2D eigenvalue weighted by Gasteiger charge is 2.27. The molecule has 0 saturated carbocycles. The molecular formula is C22H22ClN3O3. The molecule has 2 heterocycles. The summed E-state index contributed by atoms with van der Waals surface area (Å²) in [6.07, 6.45) is 2.52. The number of carbonyl (C=O) groups is 1. The zero-order chi connectivity index (χ0) is 20.2. The maximum Gasteiger partial charge on any atom is 0.257 e. The van der Waals surface area contributed by atoms with E-state index in [2.05, 4.69) is 10.1 Å². The first kappa shape index (κ1) is 19.5. The average Bonchev–Trinajstić information content (AvgIpc) is 3.23. The van der Waals surface area contributed by atoms with Gasteiger partial charge in [-0.05, 0) is 37.0 Å². The van der Waals surface area contributed by atoms with Crippen molar-refractivity contribution in [3.05, 3.63) is 65.0 Å². The molecule has 2 aromatic carbocycles. The van der Waals surface area contributed by atoms with Crippen molar-refractivity contribution in [3.63, 3.8) is 0 Å². The van der Waals surface area contributed by atoms with Gasteiger partial charge in [0, 0.05) is 30.1 Å². The number of hydrogen-bond donors (Lipinski definition) is 0. The molecule has 0 atom stereocenters. The van der Waals surface area contributed by atoms with Gasteiger partial charge in [-0.1, -0.05) is 47.1 Å². The molecule has 1 aromatic heterocycles. The Kier molecular flexibility index (Phi) is 5.81. The second-order valence-corrected chi connectivity index (χ2v) is 7.60. The Morgan fingerprint density at radius 2 is 1.97 bits per heavy atom. The van der Waals surface area contributed by atoms with Crippen LogP contribution in [0.5, 0.6) is 5.75 Å². The molecule has 0 unspecified atom stereocenters. The number of benzene rings is 2. The molecule has 1 aliphatic rings. The lowest BCUT2D eigenvalue weighted by Gasteiger charge is -2.31. The summed E-state index contributed by atoms with van der Waals surface area (Å²) < 4.78 is 10.8. The van der Waals surface area contributed by atoms with E-state index in [4.69, 9.17) is 20.9 Å². The largest absolute Gasteiger partial charge is 0.496 e. The first-order chi connectivity index (χ1) is 14.1. The van der Waals surface area contributed by atoms with Crippen molar-refractivity contribution in [3.8, 4) is 17.1 Å². The van der Waals surface area contributed by atoms with E-state index in [-0.39, 0.29) is 5.91 Å². The lowest BCUT2D eigenvalue weighted by molar-refractivity contribution is 0.0684. The predicted molar refractivity (Wildman–Crippen MR) is 110 cm³/mol. The van der Waals surface area contributed by atoms with E-state index in [0.717, 1.165) is 24.8 Å². The molecule has 6 nitrogen and oxygen atoms in total. The Balaban J connectivity index is 1.35. The standard InChI is InChI=1S/C22H22ClN3O3/c1-28-19-14-17(23)7-8-18(19)22(27)26-11-9-15(10-12-26)13-20-24-21(25-29-20)16-5-3-2-4-6-16/h2-8,14-15H,9-13H2,1H3. The van der Waals surface area contributed by atoms with Crippen molar-refractivity contribution in [2.45, 2.75) is 19.3 Å². The van der Waals surface area contributed by atoms with Crippen molar-refractivity contribution in [2.24, 2.45) is 5.92 Å². The number of rotatable bonds is 5. The molecule has 150 valence electrons. The summed E-state index contributed by atoms with van der Waals surface area (Å²) in [5, 5.41) is 4.63. The summed E-state index contributed by atoms with van der Waals surface area (Å²) in [5.41, 5.74) is 1.49. The second-order valence-electron chi connectivity index (χ2n) is 7.16. The van der Waals surface area contributed by atoms with E-state index in [1.165, 1.54) is 0 Å². The molecule has 1 saturated heterocycles. The smallest absolute Gasteiger partial charge is 0.257 e. The fraction of sp³-hybridized carbons (Fsp3) is 0.318. The summed E-state index contributed by atoms with van der Waals surface area (Å²) in [5.74, 6) is 2.15. The van der Waals surface area contributed by atoms with Crippen LogP contribution in [0.3, 0.4) is 0 Å². The van der Waals surface area contributed by atoms with Crippen molar-refractivity contribution in [1.82, 2.24) is 15.0 Å². The molecule has 29 heavy (non-hydrogen) atoms. The van der Waals surface area contributed by atoms with E-state index < -0.39 is 0 Å². The first-order valence-electron chi connectivity index (χ1n) is 9.65. The molecule has 7 heteroatoms. The van der Waals surface area contributed by atoms with Crippen molar-refractivity contribution in [2.75, 3.05) is 20.2 Å². The fourth-order valence-corrected chi connectivity index (χ4v) is 3.80. The van der Waals surface area contributed by atoms with E-state index in [1.807, 2.05) is 35.2 Å². The van der Waals surface area contributed by atoms with Gasteiger partial charge in [0.1, 0.15) is 5.75 Å². The van der Waals surface area contributed by atoms with E-state index in [1.54, 1.807) is 25.3 Å². The number of methoxy groups -OCH3 is 1. The Hall–Kier alpha value is -2.86. The van der Waals surface area contributed by atoms with Gasteiger partial charge >= 0.3 is 0 Å². The highest BCUT2D eigenvalue weighted by molar-refractivity contribution is 6.30. The minimum absolute atomic E-state index is 0.0267. The van der Waals surface area contributed by atoms with Crippen molar-refractivity contribution < 1.29 is 14.1 Å². The number of ether oxygens (including phenoxy) is 1. The molecule has 1 amide bonds. The van der Waals surface area contributed by atoms with E-state index >= 15 is 0 Å². The van der Waals surface area contributed by atoms with E-state index in [9.17, 15) is 4.79 Å². The number of piperidine rings is 1. The Labute approximate surface area is 174 Å². The van der Waals surface area contributed by atoms with Gasteiger partial charge in [-0.25, -0.2) is 0 Å². The molecule has 4 rings (SSSR count). The maximum atomic E-state index is 12.9. The van der Waals surface area contributed by atoms with Crippen LogP contribution < -0.4 is 4.74 Å². The monoisotopic (exact) mass is 411 g/mol. The normalized spacial score (nSPS) is 14.8. The summed E-state index contributed by atoms with van der Waals surface area (Å²) in [6, 6.07) is 14.9. The van der Waals surface area contributed by atoms with Crippen molar-refractivity contribution >= 4 is 17.5 Å². The Morgan fingerprint density at radius 3 is 2.69 bits per heavy atom. The van der Waals surface area contributed by atoms with Crippen LogP contribution in [0.15, 0.2) is 53.1 Å². The molecule has 3 aromatic rings. The number of likely N-dealkylation sites (tertiary alicyclic amines) is 1. The van der Waals surface area contributed by atoms with Crippen molar-refractivity contribution in [1.29, 1.82) is 0 Å². The predicted octanol–water partition coefficient (Wildman–Crippen LogP) is 4.49. The highest BCUT2D eigenvalue weighted by atomic mass is 35.5. The SMILES string of the molecule is COc1cc(Cl)ccc1C(=O)N1CCC(Cc2nc(-c3ccccc3)no2)CC1. The van der Waals surface area contributed by atoms with E-state index in [0.29, 0.717) is 47.1 Å². The molecule has 0 bridgehead atoms. The third kappa shape index (κ3) is 4.43. The number of aromatic nitrogens is 2. The van der Waals surface area contributed by atoms with Crippen LogP contribution >= 0.6 is 11.6 Å². The lowest BCUT2D eigenvalue weighted by Crippen LogP contribution is -2.39. The van der Waals surface area contributed by atoms with Crippen LogP contribution in [-0.4, -0.2) is 41.1 Å². The van der Waals surface area contributed by atoms with Crippen LogP contribution in [0.25, 0.3) is 11.4 Å². The van der Waals surface area contributed by atoms with Crippen LogP contribution in [0, 0.1) is 5.92 Å². The first-order valence-corrected chi connectivity index (χ1v) is 10.0. The van der Waals surface area contributed by atoms with Gasteiger partial charge in [0.15, 0.2) is 0 Å². The van der Waals surface area contributed by atoms with Gasteiger partial charge in [-0.15, -0.1) is 0 Å². The molecular weight excluding hydrogens is 390 g/mol. The summed E-state index contributed by atoms with van der Waals surface area (Å²) in [7, 11) is 1.54. The Bertz CT molecular complexity index is 982. The molecule has 0 aliphatic carbocycles. The lowest BCUT2D eigenvalue weighted by atomic mass is 9.93. The average molecular weight is 412 g/mol. The van der Waals surface area contributed by atoms with Crippen LogP contribution in [0.2, 0.25) is 5.02 Å². The third-order valence-corrected chi connectivity index (χ3v) is 5.49. The molecule has 1 aliphatic heterocycles. The number of hydrogen-bond acceptors (Lipinski definition) is 5. The highest BCUT2D eigenvalue weighted by Crippen LogP contribution is 2.28. The third-order valence-electron chi connectivity index (χ3n) is 5.26. The molecule has 0 N–H and O–H groups in total. The summed E-state index contributed by atoms with van der Waals surface area (Å²) in [6.45, 7) is 1.38. The molecule has 1 fully saturated rings. The molecule has 0 spiro atoms. The van der Waals surface area contributed by atoms with Gasteiger partial charge in [-0.3, -0.25) is 4.79 Å². The van der Waals surface area contributed by atoms with Gasteiger partial charge in [0.25, 0.3) is 5.91 Å². The van der Waals surface area contributed by atoms with Gasteiger partial charge in [0.05, 0.1) is 12.7 Å². The minimum Gasteiger partial charge on any atom is -0.496 e. The maximum absolute atomic E-state index is 12.9. The zero-order valence-corrected chi connectivity index (χ0v) is 16.9. The summed E-state index contributed by atoms with van der Waals surface area (Å²) in [4.78, 5) is 19.3.